The Morgan fingerprint density at radius 3 is 2.67 bits per heavy atom. The molecule has 0 aliphatic heterocycles. The first-order valence-electron chi connectivity index (χ1n) is 5.08. The fourth-order valence-electron chi connectivity index (χ4n) is 1.44. The van der Waals surface area contributed by atoms with Crippen molar-refractivity contribution >= 4 is 21.8 Å². The van der Waals surface area contributed by atoms with Gasteiger partial charge in [0.2, 0.25) is 0 Å². The number of aryl methyl sites for hydroxylation is 1. The zero-order valence-electron chi connectivity index (χ0n) is 9.38. The summed E-state index contributed by atoms with van der Waals surface area (Å²) in [7, 11) is 1.83. The third-order valence-electron chi connectivity index (χ3n) is 2.26. The number of rotatable bonds is 3. The standard InChI is InChI=1S/C12H16BrNO/c1-4-7-14(3)12(15)10-6-5-9(2)8-11(10)13/h5-6,8H,4,7H2,1-3H3. The van der Waals surface area contributed by atoms with Gasteiger partial charge in [-0.05, 0) is 47.0 Å². The second-order valence-electron chi connectivity index (χ2n) is 3.71. The molecule has 1 aromatic carbocycles. The van der Waals surface area contributed by atoms with Crippen molar-refractivity contribution in [1.29, 1.82) is 0 Å². The van der Waals surface area contributed by atoms with Crippen molar-refractivity contribution in [3.05, 3.63) is 33.8 Å². The van der Waals surface area contributed by atoms with Gasteiger partial charge in [0, 0.05) is 18.1 Å². The van der Waals surface area contributed by atoms with Gasteiger partial charge in [-0.15, -0.1) is 0 Å². The topological polar surface area (TPSA) is 20.3 Å². The lowest BCUT2D eigenvalue weighted by molar-refractivity contribution is 0.0794. The van der Waals surface area contributed by atoms with Gasteiger partial charge in [-0.1, -0.05) is 13.0 Å². The van der Waals surface area contributed by atoms with Crippen LogP contribution in [0.25, 0.3) is 0 Å². The summed E-state index contributed by atoms with van der Waals surface area (Å²) in [4.78, 5) is 13.7. The highest BCUT2D eigenvalue weighted by Gasteiger charge is 2.13. The maximum Gasteiger partial charge on any atom is 0.254 e. The molecule has 0 heterocycles. The van der Waals surface area contributed by atoms with Gasteiger partial charge in [0.25, 0.3) is 5.91 Å². The van der Waals surface area contributed by atoms with Gasteiger partial charge in [-0.2, -0.15) is 0 Å². The Bertz CT molecular complexity index is 363. The number of benzene rings is 1. The molecule has 0 bridgehead atoms. The fraction of sp³-hybridized carbons (Fsp3) is 0.417. The van der Waals surface area contributed by atoms with Gasteiger partial charge >= 0.3 is 0 Å². The first-order valence-corrected chi connectivity index (χ1v) is 5.87. The number of carbonyl (C=O) groups excluding carboxylic acids is 1. The molecule has 0 aliphatic carbocycles. The van der Waals surface area contributed by atoms with Gasteiger partial charge < -0.3 is 4.90 Å². The molecule has 0 N–H and O–H groups in total. The van der Waals surface area contributed by atoms with E-state index in [1.807, 2.05) is 32.2 Å². The highest BCUT2D eigenvalue weighted by atomic mass is 79.9. The van der Waals surface area contributed by atoms with E-state index in [4.69, 9.17) is 0 Å². The minimum Gasteiger partial charge on any atom is -0.342 e. The monoisotopic (exact) mass is 269 g/mol. The molecule has 0 fully saturated rings. The molecule has 0 saturated carbocycles. The van der Waals surface area contributed by atoms with Crippen molar-refractivity contribution in [2.24, 2.45) is 0 Å². The molecule has 0 unspecified atom stereocenters. The molecule has 0 spiro atoms. The van der Waals surface area contributed by atoms with Crippen LogP contribution in [-0.2, 0) is 0 Å². The number of halogens is 1. The molecule has 0 radical (unpaired) electrons. The van der Waals surface area contributed by atoms with E-state index in [0.717, 1.165) is 28.6 Å². The van der Waals surface area contributed by atoms with Crippen LogP contribution in [0.4, 0.5) is 0 Å². The van der Waals surface area contributed by atoms with E-state index in [1.54, 1.807) is 4.90 Å². The third-order valence-corrected chi connectivity index (χ3v) is 2.92. The molecule has 82 valence electrons. The van der Waals surface area contributed by atoms with Crippen molar-refractivity contribution in [3.63, 3.8) is 0 Å². The van der Waals surface area contributed by atoms with Crippen molar-refractivity contribution in [2.75, 3.05) is 13.6 Å². The second-order valence-corrected chi connectivity index (χ2v) is 4.56. The normalized spacial score (nSPS) is 10.1. The predicted molar refractivity (Wildman–Crippen MR) is 66.1 cm³/mol. The van der Waals surface area contributed by atoms with Crippen LogP contribution in [0.2, 0.25) is 0 Å². The van der Waals surface area contributed by atoms with E-state index >= 15 is 0 Å². The summed E-state index contributed by atoms with van der Waals surface area (Å²) < 4.78 is 0.871. The number of hydrogen-bond acceptors (Lipinski definition) is 1. The summed E-state index contributed by atoms with van der Waals surface area (Å²) in [6, 6.07) is 5.79. The van der Waals surface area contributed by atoms with E-state index in [0.29, 0.717) is 0 Å². The zero-order chi connectivity index (χ0) is 11.4. The van der Waals surface area contributed by atoms with Gasteiger partial charge in [-0.25, -0.2) is 0 Å². The summed E-state index contributed by atoms with van der Waals surface area (Å²) in [5.74, 6) is 0.0729. The quantitative estimate of drug-likeness (QED) is 0.825. The number of amides is 1. The second kappa shape index (κ2) is 5.31. The predicted octanol–water partition coefficient (Wildman–Crippen LogP) is 3.24. The average Bonchev–Trinajstić information content (AvgIpc) is 2.17. The summed E-state index contributed by atoms with van der Waals surface area (Å²) in [5.41, 5.74) is 1.88. The van der Waals surface area contributed by atoms with Crippen LogP contribution in [0.1, 0.15) is 29.3 Å². The molecule has 2 nitrogen and oxygen atoms in total. The molecule has 0 aromatic heterocycles. The molecule has 0 saturated heterocycles. The van der Waals surface area contributed by atoms with Crippen LogP contribution in [-0.4, -0.2) is 24.4 Å². The van der Waals surface area contributed by atoms with Gasteiger partial charge in [0.15, 0.2) is 0 Å². The molecular formula is C12H16BrNO. The van der Waals surface area contributed by atoms with E-state index < -0.39 is 0 Å². The minimum atomic E-state index is 0.0729. The molecule has 1 amide bonds. The van der Waals surface area contributed by atoms with E-state index in [-0.39, 0.29) is 5.91 Å². The van der Waals surface area contributed by atoms with Crippen LogP contribution in [0.5, 0.6) is 0 Å². The highest BCUT2D eigenvalue weighted by Crippen LogP contribution is 2.19. The zero-order valence-corrected chi connectivity index (χ0v) is 11.0. The fourth-order valence-corrected chi connectivity index (χ4v) is 2.10. The van der Waals surface area contributed by atoms with E-state index in [1.165, 1.54) is 0 Å². The number of hydrogen-bond donors (Lipinski definition) is 0. The summed E-state index contributed by atoms with van der Waals surface area (Å²) in [6.45, 7) is 4.86. The summed E-state index contributed by atoms with van der Waals surface area (Å²) in [6.07, 6.45) is 0.978. The SMILES string of the molecule is CCCN(C)C(=O)c1ccc(C)cc1Br. The largest absolute Gasteiger partial charge is 0.342 e. The Morgan fingerprint density at radius 2 is 2.13 bits per heavy atom. The van der Waals surface area contributed by atoms with E-state index in [2.05, 4.69) is 22.9 Å². The smallest absolute Gasteiger partial charge is 0.254 e. The Kier molecular flexibility index (Phi) is 4.33. The first kappa shape index (κ1) is 12.2. The van der Waals surface area contributed by atoms with Crippen molar-refractivity contribution in [2.45, 2.75) is 20.3 Å². The summed E-state index contributed by atoms with van der Waals surface area (Å²) in [5, 5.41) is 0. The molecular weight excluding hydrogens is 254 g/mol. The van der Waals surface area contributed by atoms with Crippen molar-refractivity contribution < 1.29 is 4.79 Å². The maximum atomic E-state index is 12.0. The lowest BCUT2D eigenvalue weighted by atomic mass is 10.1. The van der Waals surface area contributed by atoms with Crippen LogP contribution in [0.3, 0.4) is 0 Å². The Hall–Kier alpha value is -0.830. The molecule has 1 rings (SSSR count). The van der Waals surface area contributed by atoms with Crippen LogP contribution in [0.15, 0.2) is 22.7 Å². The van der Waals surface area contributed by atoms with Gasteiger partial charge in [-0.3, -0.25) is 4.79 Å². The van der Waals surface area contributed by atoms with Crippen molar-refractivity contribution in [1.82, 2.24) is 4.90 Å². The van der Waals surface area contributed by atoms with Crippen molar-refractivity contribution in [3.8, 4) is 0 Å². The molecule has 1 aromatic rings. The van der Waals surface area contributed by atoms with Crippen LogP contribution >= 0.6 is 15.9 Å². The lowest BCUT2D eigenvalue weighted by Gasteiger charge is -2.17. The molecule has 0 atom stereocenters. The Labute approximate surface area is 99.4 Å². The van der Waals surface area contributed by atoms with Gasteiger partial charge in [0.05, 0.1) is 5.56 Å². The number of carbonyl (C=O) groups is 1. The highest BCUT2D eigenvalue weighted by molar-refractivity contribution is 9.10. The molecule has 3 heteroatoms. The van der Waals surface area contributed by atoms with Crippen LogP contribution in [0, 0.1) is 6.92 Å². The van der Waals surface area contributed by atoms with Gasteiger partial charge in [0.1, 0.15) is 0 Å². The first-order chi connectivity index (χ1) is 7.06. The number of nitrogens with zero attached hydrogens (tertiary/aromatic N) is 1. The minimum absolute atomic E-state index is 0.0729. The van der Waals surface area contributed by atoms with E-state index in [9.17, 15) is 4.79 Å². The Morgan fingerprint density at radius 1 is 1.47 bits per heavy atom. The maximum absolute atomic E-state index is 12.0. The lowest BCUT2D eigenvalue weighted by Crippen LogP contribution is -2.27. The average molecular weight is 270 g/mol. The summed E-state index contributed by atoms with van der Waals surface area (Å²) >= 11 is 3.42. The third kappa shape index (κ3) is 3.06. The molecule has 0 aliphatic rings. The molecule has 15 heavy (non-hydrogen) atoms. The van der Waals surface area contributed by atoms with Crippen LogP contribution < -0.4 is 0 Å². The Balaban J connectivity index is 2.91.